The highest BCUT2D eigenvalue weighted by Gasteiger charge is 2.18. The number of methoxy groups -OCH3 is 1. The van der Waals surface area contributed by atoms with Crippen LogP contribution in [0.1, 0.15) is 50.0 Å². The fourth-order valence-electron chi connectivity index (χ4n) is 3.62. The van der Waals surface area contributed by atoms with Crippen LogP contribution in [0.3, 0.4) is 0 Å². The number of benzene rings is 1. The maximum atomic E-state index is 13.3. The monoisotopic (exact) mass is 578 g/mol. The van der Waals surface area contributed by atoms with Crippen molar-refractivity contribution in [3.63, 3.8) is 0 Å². The molecule has 0 saturated carbocycles. The average Bonchev–Trinajstić information content (AvgIpc) is 2.95. The quantitative estimate of drug-likeness (QED) is 0.199. The number of hydrogen-bond acceptors (Lipinski definition) is 10. The third-order valence-corrected chi connectivity index (χ3v) is 5.55. The van der Waals surface area contributed by atoms with E-state index in [0.717, 1.165) is 18.4 Å². The molecule has 42 heavy (non-hydrogen) atoms. The van der Waals surface area contributed by atoms with Gasteiger partial charge in [-0.15, -0.1) is 0 Å². The number of anilines is 4. The first-order chi connectivity index (χ1) is 20.1. The Balaban J connectivity index is 1.67. The molecule has 5 N–H and O–H groups in total. The SMILES string of the molecule is CCCNc1nc(NCCc2ccncc2)ncc1C(=O)Nc1ccc(OC)c(NC(=O)CNC(=O)OC(C)(C)C)c1. The standard InChI is InChI=1S/C29H38N8O5/c1-6-12-31-25-21(17-33-27(37-25)32-15-11-19-9-13-30-14-10-19)26(39)35-20-7-8-23(41-5)22(16-20)36-24(38)18-34-28(40)42-29(2,3)4/h7-10,13-14,16-17H,6,11-12,15,18H2,1-5H3,(H,34,40)(H,35,39)(H,36,38)(H2,31,32,33,37). The summed E-state index contributed by atoms with van der Waals surface area (Å²) in [6.45, 7) is 8.09. The summed E-state index contributed by atoms with van der Waals surface area (Å²) in [6, 6.07) is 8.69. The molecule has 1 aromatic carbocycles. The van der Waals surface area contributed by atoms with Crippen LogP contribution in [0.25, 0.3) is 0 Å². The molecular weight excluding hydrogens is 540 g/mol. The van der Waals surface area contributed by atoms with E-state index in [1.54, 1.807) is 51.4 Å². The van der Waals surface area contributed by atoms with E-state index in [9.17, 15) is 14.4 Å². The van der Waals surface area contributed by atoms with Gasteiger partial charge in [0.2, 0.25) is 11.9 Å². The highest BCUT2D eigenvalue weighted by molar-refractivity contribution is 6.08. The van der Waals surface area contributed by atoms with E-state index in [-0.39, 0.29) is 12.1 Å². The van der Waals surface area contributed by atoms with Crippen LogP contribution in [0.5, 0.6) is 5.75 Å². The number of nitrogens with one attached hydrogen (secondary N) is 5. The molecule has 0 bridgehead atoms. The van der Waals surface area contributed by atoms with Crippen molar-refractivity contribution in [1.82, 2.24) is 20.3 Å². The van der Waals surface area contributed by atoms with E-state index in [4.69, 9.17) is 9.47 Å². The third kappa shape index (κ3) is 10.2. The van der Waals surface area contributed by atoms with Crippen LogP contribution in [0.2, 0.25) is 0 Å². The Kier molecular flexibility index (Phi) is 11.4. The maximum absolute atomic E-state index is 13.3. The van der Waals surface area contributed by atoms with Gasteiger partial charge in [-0.2, -0.15) is 4.98 Å². The molecule has 13 heteroatoms. The summed E-state index contributed by atoms with van der Waals surface area (Å²) >= 11 is 0. The summed E-state index contributed by atoms with van der Waals surface area (Å²) < 4.78 is 10.5. The second-order valence-corrected chi connectivity index (χ2v) is 10.2. The molecule has 0 unspecified atom stereocenters. The molecule has 3 amide bonds. The highest BCUT2D eigenvalue weighted by atomic mass is 16.6. The van der Waals surface area contributed by atoms with E-state index in [2.05, 4.69) is 41.5 Å². The molecule has 0 radical (unpaired) electrons. The fourth-order valence-corrected chi connectivity index (χ4v) is 3.62. The molecular formula is C29H38N8O5. The van der Waals surface area contributed by atoms with E-state index in [1.165, 1.54) is 13.3 Å². The summed E-state index contributed by atoms with van der Waals surface area (Å²) in [5.74, 6) is 0.217. The van der Waals surface area contributed by atoms with Gasteiger partial charge in [0, 0.05) is 37.4 Å². The number of amides is 3. The zero-order valence-corrected chi connectivity index (χ0v) is 24.5. The summed E-state index contributed by atoms with van der Waals surface area (Å²) in [4.78, 5) is 50.5. The lowest BCUT2D eigenvalue weighted by Crippen LogP contribution is -2.37. The van der Waals surface area contributed by atoms with Crippen molar-refractivity contribution in [2.75, 3.05) is 48.0 Å². The zero-order chi connectivity index (χ0) is 30.5. The van der Waals surface area contributed by atoms with Gasteiger partial charge >= 0.3 is 6.09 Å². The van der Waals surface area contributed by atoms with Crippen LogP contribution < -0.4 is 31.3 Å². The van der Waals surface area contributed by atoms with Crippen molar-refractivity contribution < 1.29 is 23.9 Å². The molecule has 3 rings (SSSR count). The van der Waals surface area contributed by atoms with Crippen molar-refractivity contribution in [2.45, 2.75) is 46.1 Å². The molecule has 224 valence electrons. The predicted molar refractivity (Wildman–Crippen MR) is 161 cm³/mol. The lowest BCUT2D eigenvalue weighted by atomic mass is 10.2. The van der Waals surface area contributed by atoms with Crippen molar-refractivity contribution in [3.05, 3.63) is 60.0 Å². The van der Waals surface area contributed by atoms with Crippen LogP contribution in [-0.2, 0) is 16.0 Å². The second-order valence-electron chi connectivity index (χ2n) is 10.2. The van der Waals surface area contributed by atoms with Crippen molar-refractivity contribution in [2.24, 2.45) is 0 Å². The minimum Gasteiger partial charge on any atom is -0.495 e. The summed E-state index contributed by atoms with van der Waals surface area (Å²) in [5, 5.41) is 14.3. The van der Waals surface area contributed by atoms with Gasteiger partial charge in [0.25, 0.3) is 5.91 Å². The molecule has 3 aromatic rings. The predicted octanol–water partition coefficient (Wildman–Crippen LogP) is 4.07. The number of carbonyl (C=O) groups is 3. The molecule has 0 aliphatic heterocycles. The summed E-state index contributed by atoms with van der Waals surface area (Å²) in [6.07, 6.45) is 5.84. The van der Waals surface area contributed by atoms with Crippen molar-refractivity contribution >= 4 is 41.0 Å². The molecule has 0 saturated heterocycles. The second kappa shape index (κ2) is 15.2. The number of hydrogen-bond donors (Lipinski definition) is 5. The number of aromatic nitrogens is 3. The summed E-state index contributed by atoms with van der Waals surface area (Å²) in [5.41, 5.74) is 1.40. The van der Waals surface area contributed by atoms with Gasteiger partial charge in [0.05, 0.1) is 12.8 Å². The van der Waals surface area contributed by atoms with Gasteiger partial charge in [-0.3, -0.25) is 14.6 Å². The Hall–Kier alpha value is -4.94. The van der Waals surface area contributed by atoms with E-state index >= 15 is 0 Å². The number of carbonyl (C=O) groups excluding carboxylic acids is 3. The first-order valence-corrected chi connectivity index (χ1v) is 13.6. The molecule has 13 nitrogen and oxygen atoms in total. The molecule has 0 spiro atoms. The van der Waals surface area contributed by atoms with E-state index < -0.39 is 23.5 Å². The van der Waals surface area contributed by atoms with Gasteiger partial charge in [0.15, 0.2) is 0 Å². The number of ether oxygens (including phenoxy) is 2. The van der Waals surface area contributed by atoms with Crippen molar-refractivity contribution in [1.29, 1.82) is 0 Å². The number of alkyl carbamates (subject to hydrolysis) is 1. The molecule has 0 atom stereocenters. The Labute approximate surface area is 245 Å². The fraction of sp³-hybridized carbons (Fsp3) is 0.379. The van der Waals surface area contributed by atoms with Crippen LogP contribution in [-0.4, -0.2) is 65.2 Å². The van der Waals surface area contributed by atoms with E-state index in [0.29, 0.717) is 42.0 Å². The lowest BCUT2D eigenvalue weighted by Gasteiger charge is -2.19. The summed E-state index contributed by atoms with van der Waals surface area (Å²) in [7, 11) is 1.46. The maximum Gasteiger partial charge on any atom is 0.408 e. The minimum absolute atomic E-state index is 0.256. The number of pyridine rings is 1. The molecule has 2 aromatic heterocycles. The Morgan fingerprint density at radius 3 is 2.43 bits per heavy atom. The lowest BCUT2D eigenvalue weighted by molar-refractivity contribution is -0.115. The molecule has 0 aliphatic rings. The number of nitrogens with zero attached hydrogens (tertiary/aromatic N) is 3. The van der Waals surface area contributed by atoms with Crippen LogP contribution in [0.15, 0.2) is 48.9 Å². The average molecular weight is 579 g/mol. The Bertz CT molecular complexity index is 1360. The minimum atomic E-state index is -0.713. The third-order valence-electron chi connectivity index (χ3n) is 5.55. The largest absolute Gasteiger partial charge is 0.495 e. The Morgan fingerprint density at radius 1 is 0.976 bits per heavy atom. The number of rotatable bonds is 13. The van der Waals surface area contributed by atoms with Crippen LogP contribution >= 0.6 is 0 Å². The van der Waals surface area contributed by atoms with E-state index in [1.807, 2.05) is 19.1 Å². The van der Waals surface area contributed by atoms with Gasteiger partial charge in [-0.1, -0.05) is 6.92 Å². The molecule has 2 heterocycles. The van der Waals surface area contributed by atoms with Gasteiger partial charge < -0.3 is 36.1 Å². The van der Waals surface area contributed by atoms with Crippen LogP contribution in [0.4, 0.5) is 27.9 Å². The molecule has 0 aliphatic carbocycles. The highest BCUT2D eigenvalue weighted by Crippen LogP contribution is 2.28. The molecule has 0 fully saturated rings. The van der Waals surface area contributed by atoms with Crippen LogP contribution in [0, 0.1) is 0 Å². The topological polar surface area (TPSA) is 168 Å². The zero-order valence-electron chi connectivity index (χ0n) is 24.5. The van der Waals surface area contributed by atoms with Gasteiger partial charge in [-0.05, 0) is 69.5 Å². The smallest absolute Gasteiger partial charge is 0.408 e. The normalized spacial score (nSPS) is 10.8. The first-order valence-electron chi connectivity index (χ1n) is 13.6. The van der Waals surface area contributed by atoms with Gasteiger partial charge in [-0.25, -0.2) is 9.78 Å². The first kappa shape index (κ1) is 31.6. The Morgan fingerprint density at radius 2 is 1.74 bits per heavy atom. The van der Waals surface area contributed by atoms with Crippen molar-refractivity contribution in [3.8, 4) is 5.75 Å². The van der Waals surface area contributed by atoms with Gasteiger partial charge in [0.1, 0.15) is 29.3 Å².